The fourth-order valence-electron chi connectivity index (χ4n) is 3.95. The Hall–Kier alpha value is -3.61. The summed E-state index contributed by atoms with van der Waals surface area (Å²) in [6.07, 6.45) is 0. The summed E-state index contributed by atoms with van der Waals surface area (Å²) in [4.78, 5) is 33.0. The van der Waals surface area contributed by atoms with Gasteiger partial charge in [-0.3, -0.25) is 13.9 Å². The predicted octanol–water partition coefficient (Wildman–Crippen LogP) is 2.41. The van der Waals surface area contributed by atoms with Crippen molar-refractivity contribution in [1.29, 1.82) is 0 Å². The van der Waals surface area contributed by atoms with Crippen molar-refractivity contribution in [2.45, 2.75) is 20.0 Å². The van der Waals surface area contributed by atoms with Crippen molar-refractivity contribution in [1.82, 2.24) is 18.7 Å². The van der Waals surface area contributed by atoms with Gasteiger partial charge in [0.05, 0.1) is 6.54 Å². The highest BCUT2D eigenvalue weighted by molar-refractivity contribution is 5.77. The average molecular weight is 387 g/mol. The van der Waals surface area contributed by atoms with Crippen LogP contribution in [0.5, 0.6) is 0 Å². The van der Waals surface area contributed by atoms with E-state index in [-0.39, 0.29) is 17.8 Å². The normalized spacial score (nSPS) is 13.2. The summed E-state index contributed by atoms with van der Waals surface area (Å²) >= 11 is 0. The summed E-state index contributed by atoms with van der Waals surface area (Å²) < 4.78 is 4.70. The number of hydrogen-bond donors (Lipinski definition) is 0. The van der Waals surface area contributed by atoms with Gasteiger partial charge in [0.15, 0.2) is 11.2 Å². The third kappa shape index (κ3) is 2.69. The van der Waals surface area contributed by atoms with Crippen LogP contribution in [0.4, 0.5) is 11.6 Å². The molecule has 3 heterocycles. The number of anilines is 2. The molecule has 1 aliphatic heterocycles. The third-order valence-corrected chi connectivity index (χ3v) is 5.53. The summed E-state index contributed by atoms with van der Waals surface area (Å²) in [5.74, 6) is 0.700. The van der Waals surface area contributed by atoms with Crippen LogP contribution in [0.25, 0.3) is 11.2 Å². The van der Waals surface area contributed by atoms with E-state index in [1.54, 1.807) is 7.05 Å². The molecule has 0 radical (unpaired) electrons. The minimum Gasteiger partial charge on any atom is -0.310 e. The molecule has 2 aromatic carbocycles. The van der Waals surface area contributed by atoms with Gasteiger partial charge in [-0.05, 0) is 24.6 Å². The van der Waals surface area contributed by atoms with Crippen molar-refractivity contribution >= 4 is 22.8 Å². The van der Waals surface area contributed by atoms with E-state index in [2.05, 4.69) is 9.88 Å². The highest BCUT2D eigenvalue weighted by atomic mass is 16.2. The SMILES string of the molecule is Cc1ccc(Cn2c(=O)c3c(nc4n3CCN4c3ccccc3)n(C)c2=O)cc1. The fraction of sp³-hybridized carbons (Fsp3) is 0.227. The Balaban J connectivity index is 1.68. The quantitative estimate of drug-likeness (QED) is 0.542. The van der Waals surface area contributed by atoms with Crippen LogP contribution in [0.15, 0.2) is 64.2 Å². The van der Waals surface area contributed by atoms with Crippen LogP contribution in [0.3, 0.4) is 0 Å². The Labute approximate surface area is 167 Å². The molecule has 0 spiro atoms. The first kappa shape index (κ1) is 17.5. The van der Waals surface area contributed by atoms with E-state index < -0.39 is 0 Å². The lowest BCUT2D eigenvalue weighted by Gasteiger charge is -2.15. The largest absolute Gasteiger partial charge is 0.332 e. The van der Waals surface area contributed by atoms with Gasteiger partial charge in [0.2, 0.25) is 5.95 Å². The van der Waals surface area contributed by atoms with Gasteiger partial charge in [-0.15, -0.1) is 0 Å². The first-order chi connectivity index (χ1) is 14.0. The topological polar surface area (TPSA) is 65.1 Å². The van der Waals surface area contributed by atoms with Gasteiger partial charge >= 0.3 is 5.69 Å². The number of para-hydroxylation sites is 1. The van der Waals surface area contributed by atoms with Crippen LogP contribution in [0.1, 0.15) is 11.1 Å². The highest BCUT2D eigenvalue weighted by Gasteiger charge is 2.28. The molecule has 0 atom stereocenters. The van der Waals surface area contributed by atoms with Crippen molar-refractivity contribution in [3.8, 4) is 0 Å². The number of imidazole rings is 1. The van der Waals surface area contributed by atoms with Crippen molar-refractivity contribution in [2.75, 3.05) is 11.4 Å². The van der Waals surface area contributed by atoms with E-state index in [4.69, 9.17) is 0 Å². The lowest BCUT2D eigenvalue weighted by molar-refractivity contribution is 0.652. The van der Waals surface area contributed by atoms with E-state index in [0.29, 0.717) is 23.7 Å². The maximum Gasteiger partial charge on any atom is 0.332 e. The second kappa shape index (κ2) is 6.48. The Morgan fingerprint density at radius 1 is 0.966 bits per heavy atom. The molecule has 0 unspecified atom stereocenters. The zero-order chi connectivity index (χ0) is 20.1. The van der Waals surface area contributed by atoms with Gasteiger partial charge < -0.3 is 9.47 Å². The van der Waals surface area contributed by atoms with E-state index in [0.717, 1.165) is 23.4 Å². The number of hydrogen-bond acceptors (Lipinski definition) is 4. The van der Waals surface area contributed by atoms with Crippen LogP contribution in [0, 0.1) is 6.92 Å². The van der Waals surface area contributed by atoms with Crippen LogP contribution < -0.4 is 16.1 Å². The Morgan fingerprint density at radius 3 is 2.41 bits per heavy atom. The number of aryl methyl sites for hydroxylation is 2. The molecular weight excluding hydrogens is 366 g/mol. The number of benzene rings is 2. The molecule has 0 bridgehead atoms. The van der Waals surface area contributed by atoms with Crippen LogP contribution in [-0.4, -0.2) is 25.2 Å². The minimum absolute atomic E-state index is 0.241. The molecule has 0 fully saturated rings. The van der Waals surface area contributed by atoms with Crippen LogP contribution in [0.2, 0.25) is 0 Å². The van der Waals surface area contributed by atoms with Gasteiger partial charge in [0.1, 0.15) is 0 Å². The Bertz CT molecular complexity index is 1330. The zero-order valence-corrected chi connectivity index (χ0v) is 16.4. The van der Waals surface area contributed by atoms with Crippen molar-refractivity contribution < 1.29 is 0 Å². The predicted molar refractivity (Wildman–Crippen MR) is 113 cm³/mol. The third-order valence-electron chi connectivity index (χ3n) is 5.53. The van der Waals surface area contributed by atoms with E-state index in [9.17, 15) is 9.59 Å². The summed E-state index contributed by atoms with van der Waals surface area (Å²) in [6.45, 7) is 3.64. The number of rotatable bonds is 3. The smallest absolute Gasteiger partial charge is 0.310 e. The molecule has 7 heteroatoms. The molecule has 0 saturated carbocycles. The molecule has 29 heavy (non-hydrogen) atoms. The van der Waals surface area contributed by atoms with Gasteiger partial charge in [-0.25, -0.2) is 4.79 Å². The highest BCUT2D eigenvalue weighted by Crippen LogP contribution is 2.31. The Kier molecular flexibility index (Phi) is 3.91. The van der Waals surface area contributed by atoms with Gasteiger partial charge in [0, 0.05) is 25.8 Å². The molecule has 0 saturated heterocycles. The van der Waals surface area contributed by atoms with E-state index in [1.165, 1.54) is 9.13 Å². The Morgan fingerprint density at radius 2 is 1.69 bits per heavy atom. The molecule has 0 aliphatic carbocycles. The first-order valence-electron chi connectivity index (χ1n) is 9.63. The summed E-state index contributed by atoms with van der Waals surface area (Å²) in [7, 11) is 1.67. The van der Waals surface area contributed by atoms with E-state index in [1.807, 2.05) is 66.1 Å². The van der Waals surface area contributed by atoms with Gasteiger partial charge in [0.25, 0.3) is 5.56 Å². The molecule has 5 rings (SSSR count). The number of nitrogens with zero attached hydrogens (tertiary/aromatic N) is 5. The standard InChI is InChI=1S/C22H21N5O2/c1-15-8-10-16(11-9-15)14-27-20(28)18-19(24(2)22(27)29)23-21-25(12-13-26(18)21)17-6-4-3-5-7-17/h3-11H,12-14H2,1-2H3. The molecule has 146 valence electrons. The molecule has 7 nitrogen and oxygen atoms in total. The second-order valence-electron chi connectivity index (χ2n) is 7.44. The molecule has 1 aliphatic rings. The molecule has 0 amide bonds. The van der Waals surface area contributed by atoms with Crippen LogP contribution >= 0.6 is 0 Å². The fourth-order valence-corrected chi connectivity index (χ4v) is 3.95. The lowest BCUT2D eigenvalue weighted by atomic mass is 10.1. The maximum atomic E-state index is 13.3. The maximum absolute atomic E-state index is 13.3. The van der Waals surface area contributed by atoms with Crippen molar-refractivity contribution in [3.63, 3.8) is 0 Å². The second-order valence-corrected chi connectivity index (χ2v) is 7.44. The first-order valence-corrected chi connectivity index (χ1v) is 9.63. The van der Waals surface area contributed by atoms with E-state index >= 15 is 0 Å². The number of fused-ring (bicyclic) bond motifs is 3. The monoisotopic (exact) mass is 387 g/mol. The minimum atomic E-state index is -0.355. The van der Waals surface area contributed by atoms with Gasteiger partial charge in [-0.1, -0.05) is 48.0 Å². The lowest BCUT2D eigenvalue weighted by Crippen LogP contribution is -2.40. The average Bonchev–Trinajstić information content (AvgIpc) is 3.31. The number of aromatic nitrogens is 4. The van der Waals surface area contributed by atoms with Crippen molar-refractivity contribution in [2.24, 2.45) is 7.05 Å². The molecular formula is C22H21N5O2. The summed E-state index contributed by atoms with van der Waals surface area (Å²) in [5.41, 5.74) is 3.33. The molecule has 2 aromatic heterocycles. The molecule has 0 N–H and O–H groups in total. The van der Waals surface area contributed by atoms with Gasteiger partial charge in [-0.2, -0.15) is 4.98 Å². The van der Waals surface area contributed by atoms with Crippen molar-refractivity contribution in [3.05, 3.63) is 86.6 Å². The summed E-state index contributed by atoms with van der Waals surface area (Å²) in [6, 6.07) is 17.8. The van der Waals surface area contributed by atoms with Crippen LogP contribution in [-0.2, 0) is 20.1 Å². The molecule has 4 aromatic rings. The zero-order valence-electron chi connectivity index (χ0n) is 16.4. The summed E-state index contributed by atoms with van der Waals surface area (Å²) in [5, 5.41) is 0.